The molecule has 0 amide bonds. The second-order valence-electron chi connectivity index (χ2n) is 6.03. The van der Waals surface area contributed by atoms with Gasteiger partial charge in [-0.15, -0.1) is 0 Å². The van der Waals surface area contributed by atoms with Gasteiger partial charge in [-0.1, -0.05) is 30.3 Å². The number of hydrogen-bond acceptors (Lipinski definition) is 6. The van der Waals surface area contributed by atoms with E-state index in [1.54, 1.807) is 48.5 Å². The number of rotatable bonds is 6. The summed E-state index contributed by atoms with van der Waals surface area (Å²) in [6.07, 6.45) is 0. The Morgan fingerprint density at radius 1 is 0.759 bits per heavy atom. The van der Waals surface area contributed by atoms with Crippen LogP contribution in [0.25, 0.3) is 11.3 Å². The lowest BCUT2D eigenvalue weighted by atomic mass is 10.0. The van der Waals surface area contributed by atoms with Crippen LogP contribution in [0.15, 0.2) is 54.6 Å². The SMILES string of the molecule is COC(=O)c1c(C(=O)c2ccc(OC)cc2)[nH]c(-c2ccccc2)c1C(=O)OC. The summed E-state index contributed by atoms with van der Waals surface area (Å²) in [4.78, 5) is 41.2. The van der Waals surface area contributed by atoms with E-state index in [9.17, 15) is 14.4 Å². The van der Waals surface area contributed by atoms with E-state index in [1.165, 1.54) is 21.3 Å². The van der Waals surface area contributed by atoms with Gasteiger partial charge in [-0.05, 0) is 29.8 Å². The summed E-state index contributed by atoms with van der Waals surface area (Å²) in [5.41, 5.74) is 0.956. The number of aromatic amines is 1. The van der Waals surface area contributed by atoms with Crippen molar-refractivity contribution in [2.75, 3.05) is 21.3 Å². The first-order valence-electron chi connectivity index (χ1n) is 8.68. The zero-order valence-corrected chi connectivity index (χ0v) is 16.1. The maximum Gasteiger partial charge on any atom is 0.341 e. The molecule has 0 unspecified atom stereocenters. The summed E-state index contributed by atoms with van der Waals surface area (Å²) < 4.78 is 14.8. The Labute approximate surface area is 167 Å². The van der Waals surface area contributed by atoms with Gasteiger partial charge in [0, 0.05) is 5.56 Å². The highest BCUT2D eigenvalue weighted by Crippen LogP contribution is 2.31. The molecule has 2 aromatic carbocycles. The van der Waals surface area contributed by atoms with Crippen molar-refractivity contribution >= 4 is 17.7 Å². The minimum absolute atomic E-state index is 0.0533. The fourth-order valence-electron chi connectivity index (χ4n) is 2.99. The van der Waals surface area contributed by atoms with E-state index in [1.807, 2.05) is 6.07 Å². The molecule has 7 nitrogen and oxygen atoms in total. The summed E-state index contributed by atoms with van der Waals surface area (Å²) in [7, 11) is 3.91. The second kappa shape index (κ2) is 8.43. The van der Waals surface area contributed by atoms with E-state index in [4.69, 9.17) is 14.2 Å². The number of aromatic nitrogens is 1. The largest absolute Gasteiger partial charge is 0.497 e. The van der Waals surface area contributed by atoms with Crippen molar-refractivity contribution in [3.63, 3.8) is 0 Å². The molecule has 3 rings (SSSR count). The Kier molecular flexibility index (Phi) is 5.78. The Hall–Kier alpha value is -3.87. The van der Waals surface area contributed by atoms with Crippen molar-refractivity contribution < 1.29 is 28.6 Å². The van der Waals surface area contributed by atoms with E-state index in [0.29, 0.717) is 22.6 Å². The molecule has 0 atom stereocenters. The third-order valence-corrected chi connectivity index (χ3v) is 4.42. The molecule has 1 aromatic heterocycles. The van der Waals surface area contributed by atoms with Crippen LogP contribution in [0.5, 0.6) is 5.75 Å². The summed E-state index contributed by atoms with van der Waals surface area (Å²) in [5.74, 6) is -1.46. The van der Waals surface area contributed by atoms with Gasteiger partial charge in [-0.3, -0.25) is 4.79 Å². The van der Waals surface area contributed by atoms with E-state index in [2.05, 4.69) is 4.98 Å². The summed E-state index contributed by atoms with van der Waals surface area (Å²) in [6, 6.07) is 15.3. The van der Waals surface area contributed by atoms with Crippen molar-refractivity contribution in [3.05, 3.63) is 77.0 Å². The van der Waals surface area contributed by atoms with E-state index >= 15 is 0 Å². The number of benzene rings is 2. The fourth-order valence-corrected chi connectivity index (χ4v) is 2.99. The van der Waals surface area contributed by atoms with E-state index in [0.717, 1.165) is 0 Å². The molecule has 0 saturated carbocycles. The molecule has 1 N–H and O–H groups in total. The predicted octanol–water partition coefficient (Wildman–Crippen LogP) is 3.49. The van der Waals surface area contributed by atoms with Gasteiger partial charge in [0.25, 0.3) is 0 Å². The smallest absolute Gasteiger partial charge is 0.341 e. The molecule has 148 valence electrons. The van der Waals surface area contributed by atoms with Gasteiger partial charge in [0.15, 0.2) is 0 Å². The second-order valence-corrected chi connectivity index (χ2v) is 6.03. The maximum absolute atomic E-state index is 13.2. The predicted molar refractivity (Wildman–Crippen MR) is 105 cm³/mol. The number of nitrogens with one attached hydrogen (secondary N) is 1. The third kappa shape index (κ3) is 3.75. The molecule has 0 aliphatic rings. The monoisotopic (exact) mass is 393 g/mol. The fraction of sp³-hybridized carbons (Fsp3) is 0.136. The standard InChI is InChI=1S/C22H19NO6/c1-27-15-11-9-14(10-12-15)20(24)19-17(22(26)29-3)16(21(25)28-2)18(23-19)13-7-5-4-6-8-13/h4-12,23H,1-3H3. The number of ketones is 1. The Morgan fingerprint density at radius 2 is 1.34 bits per heavy atom. The first-order valence-corrected chi connectivity index (χ1v) is 8.68. The van der Waals surface area contributed by atoms with Crippen molar-refractivity contribution in [3.8, 4) is 17.0 Å². The van der Waals surface area contributed by atoms with Crippen LogP contribution in [0.2, 0.25) is 0 Å². The van der Waals surface area contributed by atoms with Crippen molar-refractivity contribution in [1.82, 2.24) is 4.98 Å². The van der Waals surface area contributed by atoms with Crippen LogP contribution in [-0.4, -0.2) is 44.0 Å². The van der Waals surface area contributed by atoms with Gasteiger partial charge in [0.2, 0.25) is 5.78 Å². The number of ether oxygens (including phenoxy) is 3. The molecule has 29 heavy (non-hydrogen) atoms. The van der Waals surface area contributed by atoms with Crippen molar-refractivity contribution in [1.29, 1.82) is 0 Å². The highest BCUT2D eigenvalue weighted by molar-refractivity contribution is 6.19. The van der Waals surface area contributed by atoms with Crippen LogP contribution in [0.3, 0.4) is 0 Å². The van der Waals surface area contributed by atoms with Gasteiger partial charge in [-0.25, -0.2) is 9.59 Å². The molecule has 0 spiro atoms. The molecule has 0 bridgehead atoms. The molecule has 0 saturated heterocycles. The lowest BCUT2D eigenvalue weighted by Crippen LogP contribution is -2.14. The first kappa shape index (κ1) is 19.9. The molecular weight excluding hydrogens is 374 g/mol. The summed E-state index contributed by atoms with van der Waals surface area (Å²) in [6.45, 7) is 0. The van der Waals surface area contributed by atoms with Gasteiger partial charge in [0.1, 0.15) is 22.6 Å². The van der Waals surface area contributed by atoms with Crippen LogP contribution in [0.1, 0.15) is 36.8 Å². The number of carbonyl (C=O) groups is 3. The number of hydrogen-bond donors (Lipinski definition) is 1. The highest BCUT2D eigenvalue weighted by Gasteiger charge is 2.32. The minimum atomic E-state index is -0.819. The average Bonchev–Trinajstić information content (AvgIpc) is 3.18. The molecule has 0 radical (unpaired) electrons. The summed E-state index contributed by atoms with van der Waals surface area (Å²) in [5, 5.41) is 0. The maximum atomic E-state index is 13.2. The Balaban J connectivity index is 2.25. The van der Waals surface area contributed by atoms with Gasteiger partial charge >= 0.3 is 11.9 Å². The van der Waals surface area contributed by atoms with Crippen molar-refractivity contribution in [2.24, 2.45) is 0 Å². The van der Waals surface area contributed by atoms with Crippen LogP contribution in [0, 0.1) is 0 Å². The molecule has 0 aliphatic heterocycles. The van der Waals surface area contributed by atoms with Gasteiger partial charge < -0.3 is 19.2 Å². The van der Waals surface area contributed by atoms with E-state index in [-0.39, 0.29) is 16.8 Å². The number of methoxy groups -OCH3 is 3. The lowest BCUT2D eigenvalue weighted by Gasteiger charge is -2.06. The van der Waals surface area contributed by atoms with E-state index < -0.39 is 17.7 Å². The molecule has 0 fully saturated rings. The molecule has 7 heteroatoms. The summed E-state index contributed by atoms with van der Waals surface area (Å²) >= 11 is 0. The van der Waals surface area contributed by atoms with Crippen LogP contribution in [0.4, 0.5) is 0 Å². The number of esters is 2. The van der Waals surface area contributed by atoms with Crippen LogP contribution in [-0.2, 0) is 9.47 Å². The quantitative estimate of drug-likeness (QED) is 0.509. The normalized spacial score (nSPS) is 10.3. The first-order chi connectivity index (χ1) is 14.0. The topological polar surface area (TPSA) is 94.7 Å². The zero-order chi connectivity index (χ0) is 21.0. The Morgan fingerprint density at radius 3 is 1.90 bits per heavy atom. The number of H-pyrrole nitrogens is 1. The third-order valence-electron chi connectivity index (χ3n) is 4.42. The average molecular weight is 393 g/mol. The zero-order valence-electron chi connectivity index (χ0n) is 16.1. The lowest BCUT2D eigenvalue weighted by molar-refractivity contribution is 0.0556. The molecule has 3 aromatic rings. The number of carbonyl (C=O) groups excluding carboxylic acids is 3. The molecule has 1 heterocycles. The minimum Gasteiger partial charge on any atom is -0.497 e. The van der Waals surface area contributed by atoms with Crippen LogP contribution >= 0.6 is 0 Å². The molecular formula is C22H19NO6. The molecule has 0 aliphatic carbocycles. The Bertz CT molecular complexity index is 1050. The van der Waals surface area contributed by atoms with Gasteiger partial charge in [0.05, 0.1) is 27.0 Å². The van der Waals surface area contributed by atoms with Gasteiger partial charge in [-0.2, -0.15) is 0 Å². The van der Waals surface area contributed by atoms with Crippen molar-refractivity contribution in [2.45, 2.75) is 0 Å². The van der Waals surface area contributed by atoms with Crippen LogP contribution < -0.4 is 4.74 Å². The highest BCUT2D eigenvalue weighted by atomic mass is 16.5.